The largest absolute Gasteiger partial charge is 0.486 e. The van der Waals surface area contributed by atoms with E-state index in [0.29, 0.717) is 24.5 Å². The van der Waals surface area contributed by atoms with Crippen LogP contribution < -0.4 is 9.47 Å². The minimum absolute atomic E-state index is 0.109. The summed E-state index contributed by atoms with van der Waals surface area (Å²) in [6.07, 6.45) is 0.109. The van der Waals surface area contributed by atoms with Gasteiger partial charge < -0.3 is 9.47 Å². The van der Waals surface area contributed by atoms with E-state index in [1.807, 2.05) is 6.07 Å². The highest BCUT2D eigenvalue weighted by Crippen LogP contribution is 2.40. The van der Waals surface area contributed by atoms with Gasteiger partial charge in [0.15, 0.2) is 5.75 Å². The van der Waals surface area contributed by atoms with Gasteiger partial charge in [-0.15, -0.1) is 0 Å². The summed E-state index contributed by atoms with van der Waals surface area (Å²) in [4.78, 5) is 10.3. The number of ether oxygens (including phenoxy) is 2. The van der Waals surface area contributed by atoms with E-state index in [1.54, 1.807) is 6.07 Å². The summed E-state index contributed by atoms with van der Waals surface area (Å²) >= 11 is 0. The molecule has 0 bridgehead atoms. The molecule has 0 aromatic heterocycles. The molecule has 0 atom stereocenters. The first-order chi connectivity index (χ1) is 7.72. The molecule has 0 unspecified atom stereocenters. The fourth-order valence-electron chi connectivity index (χ4n) is 1.52. The van der Waals surface area contributed by atoms with E-state index in [-0.39, 0.29) is 17.9 Å². The van der Waals surface area contributed by atoms with Gasteiger partial charge in [-0.25, -0.2) is 0 Å². The summed E-state index contributed by atoms with van der Waals surface area (Å²) in [6, 6.07) is 4.88. The Hall–Kier alpha value is -2.29. The van der Waals surface area contributed by atoms with Gasteiger partial charge in [-0.3, -0.25) is 10.1 Å². The van der Waals surface area contributed by atoms with Crippen LogP contribution in [0, 0.1) is 21.4 Å². The number of nitro groups is 1. The van der Waals surface area contributed by atoms with Crippen LogP contribution in [0.5, 0.6) is 11.5 Å². The predicted octanol–water partition coefficient (Wildman–Crippen LogP) is 1.43. The van der Waals surface area contributed by atoms with E-state index in [1.165, 1.54) is 6.07 Å². The highest BCUT2D eigenvalue weighted by Gasteiger charge is 2.24. The average Bonchev–Trinajstić information content (AvgIpc) is 2.28. The number of hydrogen-bond acceptors (Lipinski definition) is 5. The maximum Gasteiger partial charge on any atom is 0.315 e. The van der Waals surface area contributed by atoms with Crippen LogP contribution >= 0.6 is 0 Å². The lowest BCUT2D eigenvalue weighted by molar-refractivity contribution is -0.386. The van der Waals surface area contributed by atoms with Crippen molar-refractivity contribution in [3.05, 3.63) is 27.8 Å². The van der Waals surface area contributed by atoms with E-state index >= 15 is 0 Å². The molecule has 1 aromatic carbocycles. The highest BCUT2D eigenvalue weighted by atomic mass is 16.6. The molecule has 0 N–H and O–H groups in total. The first-order valence-electron chi connectivity index (χ1n) is 4.66. The molecule has 0 spiro atoms. The molecule has 0 radical (unpaired) electrons. The number of rotatable bonds is 2. The van der Waals surface area contributed by atoms with Crippen molar-refractivity contribution in [1.29, 1.82) is 5.26 Å². The van der Waals surface area contributed by atoms with E-state index < -0.39 is 4.92 Å². The van der Waals surface area contributed by atoms with Crippen LogP contribution in [0.25, 0.3) is 0 Å². The molecule has 6 heteroatoms. The lowest BCUT2D eigenvalue weighted by Crippen LogP contribution is -2.16. The van der Waals surface area contributed by atoms with Gasteiger partial charge in [-0.05, 0) is 11.6 Å². The van der Waals surface area contributed by atoms with Crippen LogP contribution in [-0.4, -0.2) is 18.1 Å². The topological polar surface area (TPSA) is 85.4 Å². The second-order valence-electron chi connectivity index (χ2n) is 3.23. The smallest absolute Gasteiger partial charge is 0.315 e. The molecular formula is C10H8N2O4. The molecule has 2 rings (SSSR count). The Balaban J connectivity index is 2.53. The van der Waals surface area contributed by atoms with E-state index in [0.717, 1.165) is 0 Å². The van der Waals surface area contributed by atoms with Crippen molar-refractivity contribution in [1.82, 2.24) is 0 Å². The second-order valence-corrected chi connectivity index (χ2v) is 3.23. The average molecular weight is 220 g/mol. The molecule has 1 aliphatic heterocycles. The quantitative estimate of drug-likeness (QED) is 0.556. The molecule has 1 aromatic rings. The Morgan fingerprint density at radius 1 is 1.44 bits per heavy atom. The van der Waals surface area contributed by atoms with Crippen LogP contribution in [0.2, 0.25) is 0 Å². The third kappa shape index (κ3) is 1.75. The maximum atomic E-state index is 10.8. The monoisotopic (exact) mass is 220 g/mol. The molecule has 0 aliphatic carbocycles. The lowest BCUT2D eigenvalue weighted by Gasteiger charge is -2.18. The maximum absolute atomic E-state index is 10.8. The molecule has 1 aliphatic rings. The summed E-state index contributed by atoms with van der Waals surface area (Å²) in [7, 11) is 0. The number of benzene rings is 1. The van der Waals surface area contributed by atoms with Gasteiger partial charge in [0.05, 0.1) is 17.4 Å². The van der Waals surface area contributed by atoms with Crippen molar-refractivity contribution in [2.24, 2.45) is 0 Å². The van der Waals surface area contributed by atoms with Gasteiger partial charge in [-0.1, -0.05) is 0 Å². The first kappa shape index (κ1) is 10.2. The Morgan fingerprint density at radius 3 is 2.88 bits per heavy atom. The first-order valence-corrected chi connectivity index (χ1v) is 4.66. The number of nitrogens with zero attached hydrogens (tertiary/aromatic N) is 2. The number of hydrogen-bond donors (Lipinski definition) is 0. The zero-order valence-corrected chi connectivity index (χ0v) is 8.30. The fourth-order valence-corrected chi connectivity index (χ4v) is 1.52. The minimum Gasteiger partial charge on any atom is -0.486 e. The lowest BCUT2D eigenvalue weighted by atomic mass is 10.1. The van der Waals surface area contributed by atoms with Crippen molar-refractivity contribution >= 4 is 5.69 Å². The predicted molar refractivity (Wildman–Crippen MR) is 53.4 cm³/mol. The van der Waals surface area contributed by atoms with Crippen LogP contribution in [0.1, 0.15) is 5.56 Å². The molecular weight excluding hydrogens is 212 g/mol. The van der Waals surface area contributed by atoms with Gasteiger partial charge in [0.25, 0.3) is 0 Å². The van der Waals surface area contributed by atoms with Crippen LogP contribution in [0.15, 0.2) is 12.1 Å². The molecule has 0 saturated heterocycles. The standard InChI is InChI=1S/C10H8N2O4/c11-2-1-7-5-8(12(13)14)10-9(6-7)15-3-4-16-10/h5-6H,1,3-4H2. The molecule has 6 nitrogen and oxygen atoms in total. The zero-order chi connectivity index (χ0) is 11.5. The summed E-state index contributed by atoms with van der Waals surface area (Å²) in [6.45, 7) is 0.658. The number of nitriles is 1. The van der Waals surface area contributed by atoms with Crippen molar-refractivity contribution in [2.45, 2.75) is 6.42 Å². The molecule has 16 heavy (non-hydrogen) atoms. The van der Waals surface area contributed by atoms with Crippen molar-refractivity contribution in [3.8, 4) is 17.6 Å². The van der Waals surface area contributed by atoms with Crippen LogP contribution in [0.4, 0.5) is 5.69 Å². The Morgan fingerprint density at radius 2 is 2.19 bits per heavy atom. The molecule has 82 valence electrons. The Bertz CT molecular complexity index is 478. The Kier molecular flexibility index (Phi) is 2.60. The van der Waals surface area contributed by atoms with Crippen molar-refractivity contribution in [2.75, 3.05) is 13.2 Å². The summed E-state index contributed by atoms with van der Waals surface area (Å²) in [5.74, 6) is 0.489. The van der Waals surface area contributed by atoms with Gasteiger partial charge in [-0.2, -0.15) is 5.26 Å². The van der Waals surface area contributed by atoms with Gasteiger partial charge in [0, 0.05) is 6.07 Å². The van der Waals surface area contributed by atoms with Gasteiger partial charge in [0.2, 0.25) is 5.75 Å². The molecule has 0 fully saturated rings. The van der Waals surface area contributed by atoms with Crippen molar-refractivity contribution < 1.29 is 14.4 Å². The van der Waals surface area contributed by atoms with E-state index in [2.05, 4.69) is 0 Å². The second kappa shape index (κ2) is 4.06. The van der Waals surface area contributed by atoms with E-state index in [9.17, 15) is 10.1 Å². The molecule has 0 saturated carbocycles. The fraction of sp³-hybridized carbons (Fsp3) is 0.300. The van der Waals surface area contributed by atoms with Crippen LogP contribution in [0.3, 0.4) is 0 Å². The molecule has 0 amide bonds. The summed E-state index contributed by atoms with van der Waals surface area (Å²) < 4.78 is 10.5. The van der Waals surface area contributed by atoms with Crippen LogP contribution in [-0.2, 0) is 6.42 Å². The summed E-state index contributed by atoms with van der Waals surface area (Å²) in [5.41, 5.74) is 0.404. The number of fused-ring (bicyclic) bond motifs is 1. The van der Waals surface area contributed by atoms with Crippen molar-refractivity contribution in [3.63, 3.8) is 0 Å². The Labute approximate surface area is 91.2 Å². The third-order valence-electron chi connectivity index (χ3n) is 2.16. The zero-order valence-electron chi connectivity index (χ0n) is 8.30. The highest BCUT2D eigenvalue weighted by molar-refractivity contribution is 5.59. The third-order valence-corrected chi connectivity index (χ3v) is 2.16. The molecule has 1 heterocycles. The SMILES string of the molecule is N#CCc1cc2c(c([N+](=O)[O-])c1)OCCO2. The van der Waals surface area contributed by atoms with Gasteiger partial charge in [0.1, 0.15) is 13.2 Å². The van der Waals surface area contributed by atoms with E-state index in [4.69, 9.17) is 14.7 Å². The van der Waals surface area contributed by atoms with Gasteiger partial charge >= 0.3 is 5.69 Å². The number of nitro benzene ring substituents is 1. The minimum atomic E-state index is -0.533. The summed E-state index contributed by atoms with van der Waals surface area (Å²) in [5, 5.41) is 19.4. The normalized spacial score (nSPS) is 12.9.